The van der Waals surface area contributed by atoms with E-state index in [2.05, 4.69) is 4.98 Å². The number of aromatic nitrogens is 1. The van der Waals surface area contributed by atoms with E-state index in [1.54, 1.807) is 6.20 Å². The minimum absolute atomic E-state index is 0.813. The molecule has 0 spiro atoms. The van der Waals surface area contributed by atoms with Crippen LogP contribution in [0, 0.1) is 10.7 Å². The highest BCUT2D eigenvalue weighted by Gasteiger charge is 1.90. The first kappa shape index (κ1) is 5.60. The van der Waals surface area contributed by atoms with Gasteiger partial charge in [0.2, 0.25) is 0 Å². The van der Waals surface area contributed by atoms with E-state index in [0.717, 1.165) is 16.1 Å². The van der Waals surface area contributed by atoms with E-state index in [1.165, 1.54) is 11.3 Å². The van der Waals surface area contributed by atoms with Gasteiger partial charge in [-0.15, -0.1) is 11.3 Å². The fraction of sp³-hybridized carbons (Fsp3) is 0. The van der Waals surface area contributed by atoms with Crippen LogP contribution in [0.1, 0.15) is 0 Å². The molecule has 0 saturated heterocycles. The van der Waals surface area contributed by atoms with E-state index in [9.17, 15) is 0 Å². The Hall–Kier alpha value is -0.530. The quantitative estimate of drug-likeness (QED) is 0.442. The van der Waals surface area contributed by atoms with Crippen LogP contribution in [-0.4, -0.2) is 4.98 Å². The third kappa shape index (κ3) is 1.22. The maximum absolute atomic E-state index is 8.12. The molecule has 1 aromatic rings. The molecule has 0 aromatic carbocycles. The Morgan fingerprint density at radius 3 is 3.25 bits per heavy atom. The number of nitriles is 1. The molecule has 0 unspecified atom stereocenters. The first-order valence-corrected chi connectivity index (χ1v) is 3.58. The topological polar surface area (TPSA) is 36.7 Å². The summed E-state index contributed by atoms with van der Waals surface area (Å²) in [7, 11) is 0. The number of nitrogens with zero attached hydrogens (tertiary/aromatic N) is 2. The molecule has 1 rings (SSSR count). The number of rotatable bonds is 1. The summed E-state index contributed by atoms with van der Waals surface area (Å²) in [6.45, 7) is 0. The van der Waals surface area contributed by atoms with Crippen LogP contribution in [-0.2, 0) is 0 Å². The van der Waals surface area contributed by atoms with Gasteiger partial charge in [0.1, 0.15) is 5.40 Å². The van der Waals surface area contributed by atoms with Crippen LogP contribution in [0.25, 0.3) is 0 Å². The molecule has 0 atom stereocenters. The van der Waals surface area contributed by atoms with Crippen molar-refractivity contribution in [2.45, 2.75) is 4.34 Å². The van der Waals surface area contributed by atoms with E-state index in [1.807, 2.05) is 10.8 Å². The average molecular weight is 142 g/mol. The van der Waals surface area contributed by atoms with E-state index < -0.39 is 0 Å². The molecular formula is C4H2N2S2. The predicted octanol–water partition coefficient (Wildman–Crippen LogP) is 1.72. The van der Waals surface area contributed by atoms with Gasteiger partial charge in [-0.25, -0.2) is 4.98 Å². The summed E-state index contributed by atoms with van der Waals surface area (Å²) in [6, 6.07) is 0. The highest BCUT2D eigenvalue weighted by atomic mass is 32.2. The second-order valence-corrected chi connectivity index (χ2v) is 2.92. The number of hydrogen-bond acceptors (Lipinski definition) is 4. The smallest absolute Gasteiger partial charge is 0.164 e. The van der Waals surface area contributed by atoms with Gasteiger partial charge in [-0.2, -0.15) is 5.26 Å². The average Bonchev–Trinajstić information content (AvgIpc) is 2.19. The highest BCUT2D eigenvalue weighted by molar-refractivity contribution is 8.05. The molecule has 4 heteroatoms. The molecule has 0 amide bonds. The van der Waals surface area contributed by atoms with Gasteiger partial charge >= 0.3 is 0 Å². The summed E-state index contributed by atoms with van der Waals surface area (Å²) in [5.74, 6) is 0. The molecule has 2 nitrogen and oxygen atoms in total. The zero-order chi connectivity index (χ0) is 5.82. The number of thiocyanates is 1. The number of thiazole rings is 1. The summed E-state index contributed by atoms with van der Waals surface area (Å²) in [6.07, 6.45) is 1.68. The molecule has 0 saturated carbocycles. The van der Waals surface area contributed by atoms with Crippen molar-refractivity contribution in [3.05, 3.63) is 11.6 Å². The van der Waals surface area contributed by atoms with Crippen molar-refractivity contribution >= 4 is 23.1 Å². The van der Waals surface area contributed by atoms with Crippen molar-refractivity contribution in [2.24, 2.45) is 0 Å². The van der Waals surface area contributed by atoms with Crippen LogP contribution in [0.3, 0.4) is 0 Å². The van der Waals surface area contributed by atoms with Gasteiger partial charge in [-0.1, -0.05) is 0 Å². The third-order valence-corrected chi connectivity index (χ3v) is 2.02. The molecule has 0 radical (unpaired) electrons. The normalized spacial score (nSPS) is 8.38. The molecule has 0 bridgehead atoms. The summed E-state index contributed by atoms with van der Waals surface area (Å²) in [4.78, 5) is 3.86. The molecule has 8 heavy (non-hydrogen) atoms. The van der Waals surface area contributed by atoms with E-state index in [0.29, 0.717) is 0 Å². The van der Waals surface area contributed by atoms with Gasteiger partial charge in [-0.3, -0.25) is 0 Å². The molecule has 1 heterocycles. The Morgan fingerprint density at radius 2 is 2.75 bits per heavy atom. The molecule has 0 aliphatic rings. The lowest BCUT2D eigenvalue weighted by molar-refractivity contribution is 1.26. The first-order chi connectivity index (χ1) is 3.93. The SMILES string of the molecule is N#CSc1nccs1. The maximum Gasteiger partial charge on any atom is 0.164 e. The van der Waals surface area contributed by atoms with Crippen molar-refractivity contribution in [3.63, 3.8) is 0 Å². The Bertz CT molecular complexity index is 186. The molecule has 0 N–H and O–H groups in total. The Morgan fingerprint density at radius 1 is 1.88 bits per heavy atom. The Labute approximate surface area is 55.2 Å². The minimum Gasteiger partial charge on any atom is -0.237 e. The Balaban J connectivity index is 2.67. The third-order valence-electron chi connectivity index (χ3n) is 0.543. The molecule has 40 valence electrons. The first-order valence-electron chi connectivity index (χ1n) is 1.89. The number of thioether (sulfide) groups is 1. The van der Waals surface area contributed by atoms with Crippen molar-refractivity contribution in [1.82, 2.24) is 4.98 Å². The van der Waals surface area contributed by atoms with Gasteiger partial charge in [0.05, 0.1) is 0 Å². The second kappa shape index (κ2) is 2.70. The van der Waals surface area contributed by atoms with E-state index in [-0.39, 0.29) is 0 Å². The van der Waals surface area contributed by atoms with Crippen LogP contribution in [0.5, 0.6) is 0 Å². The van der Waals surface area contributed by atoms with Gasteiger partial charge in [0.15, 0.2) is 4.34 Å². The maximum atomic E-state index is 8.12. The predicted molar refractivity (Wildman–Crippen MR) is 33.6 cm³/mol. The fourth-order valence-corrected chi connectivity index (χ4v) is 1.32. The molecule has 0 aliphatic heterocycles. The second-order valence-electron chi connectivity index (χ2n) is 0.991. The van der Waals surface area contributed by atoms with E-state index in [4.69, 9.17) is 5.26 Å². The zero-order valence-electron chi connectivity index (χ0n) is 3.87. The highest BCUT2D eigenvalue weighted by Crippen LogP contribution is 2.17. The van der Waals surface area contributed by atoms with E-state index >= 15 is 0 Å². The minimum atomic E-state index is 0.813. The van der Waals surface area contributed by atoms with Gasteiger partial charge < -0.3 is 0 Å². The van der Waals surface area contributed by atoms with Gasteiger partial charge in [0, 0.05) is 23.3 Å². The molecular weight excluding hydrogens is 140 g/mol. The molecule has 0 aliphatic carbocycles. The molecule has 0 fully saturated rings. The fourth-order valence-electron chi connectivity index (χ4n) is 0.300. The number of hydrogen-bond donors (Lipinski definition) is 0. The van der Waals surface area contributed by atoms with Crippen molar-refractivity contribution in [3.8, 4) is 5.40 Å². The summed E-state index contributed by atoms with van der Waals surface area (Å²) < 4.78 is 0.813. The monoisotopic (exact) mass is 142 g/mol. The van der Waals surface area contributed by atoms with Crippen LogP contribution in [0.4, 0.5) is 0 Å². The van der Waals surface area contributed by atoms with Gasteiger partial charge in [-0.05, 0) is 0 Å². The van der Waals surface area contributed by atoms with Crippen molar-refractivity contribution < 1.29 is 0 Å². The van der Waals surface area contributed by atoms with Gasteiger partial charge in [0.25, 0.3) is 0 Å². The summed E-state index contributed by atoms with van der Waals surface area (Å²) in [5, 5.41) is 11.9. The summed E-state index contributed by atoms with van der Waals surface area (Å²) in [5.41, 5.74) is 0. The van der Waals surface area contributed by atoms with Crippen LogP contribution in [0.15, 0.2) is 15.9 Å². The standard InChI is InChI=1S/C4H2N2S2/c5-3-8-4-6-1-2-7-4/h1-2H. The largest absolute Gasteiger partial charge is 0.237 e. The van der Waals surface area contributed by atoms with Crippen molar-refractivity contribution in [2.75, 3.05) is 0 Å². The van der Waals surface area contributed by atoms with Crippen LogP contribution >= 0.6 is 23.1 Å². The van der Waals surface area contributed by atoms with Crippen LogP contribution < -0.4 is 0 Å². The van der Waals surface area contributed by atoms with Crippen molar-refractivity contribution in [1.29, 1.82) is 5.26 Å². The lowest BCUT2D eigenvalue weighted by Crippen LogP contribution is -1.57. The van der Waals surface area contributed by atoms with Crippen LogP contribution in [0.2, 0.25) is 0 Å². The summed E-state index contributed by atoms with van der Waals surface area (Å²) >= 11 is 2.57. The zero-order valence-corrected chi connectivity index (χ0v) is 5.50. The lowest BCUT2D eigenvalue weighted by Gasteiger charge is -1.73. The molecule has 1 aromatic heterocycles. The Kier molecular flexibility index (Phi) is 1.89. The lowest BCUT2D eigenvalue weighted by atomic mass is 11.0.